The van der Waals surface area contributed by atoms with E-state index in [0.29, 0.717) is 33.4 Å². The third-order valence-corrected chi connectivity index (χ3v) is 5.23. The summed E-state index contributed by atoms with van der Waals surface area (Å²) in [6.07, 6.45) is -0.244. The highest BCUT2D eigenvalue weighted by molar-refractivity contribution is 7.92. The number of carbonyl (C=O) groups excluding carboxylic acids is 1. The summed E-state index contributed by atoms with van der Waals surface area (Å²) >= 11 is 6.16. The fourth-order valence-electron chi connectivity index (χ4n) is 2.83. The number of sulfonamides is 1. The summed E-state index contributed by atoms with van der Waals surface area (Å²) in [6.45, 7) is 3.36. The zero-order valence-corrected chi connectivity index (χ0v) is 18.8. The highest BCUT2D eigenvalue weighted by atomic mass is 35.5. The summed E-state index contributed by atoms with van der Waals surface area (Å²) in [5.74, 6) is 0.270. The lowest BCUT2D eigenvalue weighted by atomic mass is 10.1. The monoisotopic (exact) mass is 464 g/mol. The third kappa shape index (κ3) is 5.50. The van der Waals surface area contributed by atoms with Crippen molar-refractivity contribution in [2.75, 3.05) is 16.3 Å². The number of anilines is 2. The molecule has 1 atom stereocenters. The Morgan fingerprint density at radius 2 is 1.94 bits per heavy atom. The first-order chi connectivity index (χ1) is 14.5. The summed E-state index contributed by atoms with van der Waals surface area (Å²) in [5.41, 5.74) is 2.17. The van der Waals surface area contributed by atoms with Gasteiger partial charge in [0.25, 0.3) is 0 Å². The van der Waals surface area contributed by atoms with E-state index in [1.807, 2.05) is 0 Å². The molecule has 3 aromatic rings. The number of nitrogens with one attached hydrogen (secondary N) is 2. The minimum atomic E-state index is -3.44. The second-order valence-corrected chi connectivity index (χ2v) is 8.96. The Bertz CT molecular complexity index is 1230. The topological polar surface area (TPSA) is 128 Å². The molecule has 1 unspecified atom stereocenters. The van der Waals surface area contributed by atoms with Gasteiger partial charge in [-0.3, -0.25) is 10.0 Å². The number of hydrogen-bond acceptors (Lipinski definition) is 7. The highest BCUT2D eigenvalue weighted by Gasteiger charge is 2.20. The Morgan fingerprint density at radius 1 is 1.23 bits per heavy atom. The van der Waals surface area contributed by atoms with Gasteiger partial charge in [0.15, 0.2) is 11.5 Å². The van der Waals surface area contributed by atoms with Gasteiger partial charge in [0, 0.05) is 17.6 Å². The smallest absolute Gasteiger partial charge is 0.413 e. The second-order valence-electron chi connectivity index (χ2n) is 6.81. The fraction of sp³-hybridized carbons (Fsp3) is 0.263. The van der Waals surface area contributed by atoms with Gasteiger partial charge < -0.3 is 4.74 Å². The number of rotatable bonds is 6. The molecule has 2 N–H and O–H groups in total. The van der Waals surface area contributed by atoms with Crippen LogP contribution >= 0.6 is 11.6 Å². The van der Waals surface area contributed by atoms with Crippen LogP contribution in [0.5, 0.6) is 0 Å². The van der Waals surface area contributed by atoms with E-state index in [1.165, 1.54) is 4.68 Å². The Kier molecular flexibility index (Phi) is 6.46. The Labute approximate surface area is 184 Å². The van der Waals surface area contributed by atoms with Gasteiger partial charge in [0.1, 0.15) is 6.10 Å². The maximum Gasteiger partial charge on any atom is 0.413 e. The van der Waals surface area contributed by atoms with Gasteiger partial charge in [-0.15, -0.1) is 5.10 Å². The minimum Gasteiger partial charge on any atom is -0.441 e. The molecule has 0 aliphatic carbocycles. The van der Waals surface area contributed by atoms with Gasteiger partial charge in [-0.2, -0.15) is 0 Å². The lowest BCUT2D eigenvalue weighted by Gasteiger charge is -2.15. The summed E-state index contributed by atoms with van der Waals surface area (Å²) < 4.78 is 32.1. The number of nitrogens with zero attached hydrogens (tertiary/aromatic N) is 4. The van der Waals surface area contributed by atoms with Crippen LogP contribution in [0.2, 0.25) is 5.02 Å². The molecule has 2 aromatic heterocycles. The number of benzene rings is 1. The van der Waals surface area contributed by atoms with Crippen LogP contribution in [0.15, 0.2) is 36.4 Å². The van der Waals surface area contributed by atoms with Crippen LogP contribution in [0.3, 0.4) is 0 Å². The van der Waals surface area contributed by atoms with E-state index in [-0.39, 0.29) is 5.82 Å². The molecule has 164 valence electrons. The normalized spacial score (nSPS) is 12.3. The van der Waals surface area contributed by atoms with Gasteiger partial charge in [-0.1, -0.05) is 35.0 Å². The highest BCUT2D eigenvalue weighted by Crippen LogP contribution is 2.28. The van der Waals surface area contributed by atoms with Gasteiger partial charge in [-0.25, -0.2) is 22.9 Å². The lowest BCUT2D eigenvalue weighted by molar-refractivity contribution is 0.121. The van der Waals surface area contributed by atoms with E-state index >= 15 is 0 Å². The number of hydrogen-bond donors (Lipinski definition) is 2. The molecule has 2 heterocycles. The Balaban J connectivity index is 1.80. The molecule has 31 heavy (non-hydrogen) atoms. The average Bonchev–Trinajstić information content (AvgIpc) is 3.03. The molecule has 0 aliphatic heterocycles. The number of aryl methyl sites for hydroxylation is 2. The average molecular weight is 465 g/mol. The molecule has 10 nitrogen and oxygen atoms in total. The Morgan fingerprint density at radius 3 is 2.58 bits per heavy atom. The number of halogens is 1. The third-order valence-electron chi connectivity index (χ3n) is 4.30. The van der Waals surface area contributed by atoms with E-state index in [9.17, 15) is 13.2 Å². The lowest BCUT2D eigenvalue weighted by Crippen LogP contribution is -2.18. The molecular weight excluding hydrogens is 444 g/mol. The molecule has 1 aromatic carbocycles. The molecule has 12 heteroatoms. The van der Waals surface area contributed by atoms with Crippen molar-refractivity contribution in [2.45, 2.75) is 20.0 Å². The summed E-state index contributed by atoms with van der Waals surface area (Å²) in [6, 6.07) is 10.2. The predicted octanol–water partition coefficient (Wildman–Crippen LogP) is 3.52. The number of ether oxygens (including phenoxy) is 1. The summed E-state index contributed by atoms with van der Waals surface area (Å²) in [5, 5.41) is 11.1. The fourth-order valence-corrected chi connectivity index (χ4v) is 3.73. The van der Waals surface area contributed by atoms with E-state index < -0.39 is 22.2 Å². The van der Waals surface area contributed by atoms with Crippen LogP contribution < -0.4 is 10.0 Å². The first-order valence-electron chi connectivity index (χ1n) is 9.12. The standard InChI is InChI=1S/C19H21ClN6O4S/c1-11-15(24-31(4,28)29)9-10-16(21-11)17-18(26(3)25-23-17)22-19(27)30-12(2)13-7-5-6-8-14(13)20/h5-10,12,24H,1-4H3,(H,22,27). The van der Waals surface area contributed by atoms with Crippen molar-refractivity contribution in [3.8, 4) is 11.4 Å². The maximum atomic E-state index is 12.5. The van der Waals surface area contributed by atoms with Gasteiger partial charge >= 0.3 is 6.09 Å². The molecule has 3 rings (SSSR count). The largest absolute Gasteiger partial charge is 0.441 e. The second kappa shape index (κ2) is 8.90. The van der Waals surface area contributed by atoms with Crippen LogP contribution in [-0.4, -0.2) is 40.7 Å². The molecule has 0 bridgehead atoms. The van der Waals surface area contributed by atoms with Crippen LogP contribution in [0.4, 0.5) is 16.3 Å². The Hall–Kier alpha value is -3.18. The van der Waals surface area contributed by atoms with E-state index in [2.05, 4.69) is 25.3 Å². The van der Waals surface area contributed by atoms with Crippen molar-refractivity contribution < 1.29 is 17.9 Å². The van der Waals surface area contributed by atoms with Crippen LogP contribution in [0, 0.1) is 6.92 Å². The maximum absolute atomic E-state index is 12.5. The van der Waals surface area contributed by atoms with Crippen LogP contribution in [-0.2, 0) is 21.8 Å². The van der Waals surface area contributed by atoms with Crippen molar-refractivity contribution in [1.82, 2.24) is 20.0 Å². The molecule has 0 fully saturated rings. The van der Waals surface area contributed by atoms with Crippen molar-refractivity contribution in [3.63, 3.8) is 0 Å². The number of carbonyl (C=O) groups is 1. The molecular formula is C19H21ClN6O4S. The minimum absolute atomic E-state index is 0.270. The first-order valence-corrected chi connectivity index (χ1v) is 11.4. The van der Waals surface area contributed by atoms with Gasteiger partial charge in [-0.05, 0) is 32.0 Å². The van der Waals surface area contributed by atoms with E-state index in [0.717, 1.165) is 6.26 Å². The van der Waals surface area contributed by atoms with E-state index in [1.54, 1.807) is 57.3 Å². The van der Waals surface area contributed by atoms with Gasteiger partial charge in [0.2, 0.25) is 10.0 Å². The quantitative estimate of drug-likeness (QED) is 0.571. The number of aromatic nitrogens is 4. The van der Waals surface area contributed by atoms with Crippen molar-refractivity contribution in [2.24, 2.45) is 7.05 Å². The summed E-state index contributed by atoms with van der Waals surface area (Å²) in [7, 11) is -1.83. The molecule has 0 aliphatic rings. The molecule has 0 saturated carbocycles. The zero-order valence-electron chi connectivity index (χ0n) is 17.2. The molecule has 0 spiro atoms. The predicted molar refractivity (Wildman–Crippen MR) is 117 cm³/mol. The SMILES string of the molecule is Cc1nc(-c2nnn(C)c2NC(=O)OC(C)c2ccccc2Cl)ccc1NS(C)(=O)=O. The molecule has 0 saturated heterocycles. The summed E-state index contributed by atoms with van der Waals surface area (Å²) in [4.78, 5) is 16.9. The van der Waals surface area contributed by atoms with Crippen molar-refractivity contribution in [3.05, 3.63) is 52.7 Å². The number of pyridine rings is 1. The van der Waals surface area contributed by atoms with Gasteiger partial charge in [0.05, 0.1) is 23.3 Å². The van der Waals surface area contributed by atoms with Crippen molar-refractivity contribution in [1.29, 1.82) is 0 Å². The molecule has 1 amide bonds. The van der Waals surface area contributed by atoms with Crippen molar-refractivity contribution >= 4 is 39.2 Å². The van der Waals surface area contributed by atoms with Crippen LogP contribution in [0.25, 0.3) is 11.4 Å². The van der Waals surface area contributed by atoms with E-state index in [4.69, 9.17) is 16.3 Å². The first kappa shape index (κ1) is 22.5. The number of amides is 1. The zero-order chi connectivity index (χ0) is 22.8. The van der Waals surface area contributed by atoms with Crippen LogP contribution in [0.1, 0.15) is 24.3 Å². The molecule has 0 radical (unpaired) electrons.